The zero-order valence-electron chi connectivity index (χ0n) is 17.0. The zero-order chi connectivity index (χ0) is 19.6. The number of carbonyl (C=O) groups is 1. The number of amides is 1. The third-order valence-electron chi connectivity index (χ3n) is 4.33. The van der Waals surface area contributed by atoms with Crippen molar-refractivity contribution < 1.29 is 9.53 Å². The van der Waals surface area contributed by atoms with Gasteiger partial charge in [-0.3, -0.25) is 4.79 Å². The summed E-state index contributed by atoms with van der Waals surface area (Å²) >= 11 is 0. The SMILES string of the molecule is CCNC(=NCc1cccc(NC(=O)CN(C)C)c1)N(C)CC1CCOC1. The number of aliphatic imine (C=N–C) groups is 1. The summed E-state index contributed by atoms with van der Waals surface area (Å²) < 4.78 is 5.47. The summed E-state index contributed by atoms with van der Waals surface area (Å²) in [5.41, 5.74) is 1.86. The molecule has 1 aliphatic rings. The second-order valence-corrected chi connectivity index (χ2v) is 7.27. The molecule has 1 atom stereocenters. The predicted molar refractivity (Wildman–Crippen MR) is 110 cm³/mol. The van der Waals surface area contributed by atoms with Crippen molar-refractivity contribution in [2.75, 3.05) is 59.3 Å². The molecule has 7 heteroatoms. The van der Waals surface area contributed by atoms with E-state index in [0.29, 0.717) is 19.0 Å². The Bertz CT molecular complexity index is 627. The van der Waals surface area contributed by atoms with Crippen LogP contribution < -0.4 is 10.6 Å². The van der Waals surface area contributed by atoms with Crippen LogP contribution in [0.25, 0.3) is 0 Å². The Hall–Kier alpha value is -2.12. The minimum absolute atomic E-state index is 0.0208. The van der Waals surface area contributed by atoms with Crippen LogP contribution in [0, 0.1) is 5.92 Å². The van der Waals surface area contributed by atoms with Crippen molar-refractivity contribution in [3.63, 3.8) is 0 Å². The summed E-state index contributed by atoms with van der Waals surface area (Å²) in [5, 5.41) is 6.28. The van der Waals surface area contributed by atoms with Crippen LogP contribution in [0.5, 0.6) is 0 Å². The minimum Gasteiger partial charge on any atom is -0.381 e. The first-order valence-electron chi connectivity index (χ1n) is 9.58. The number of guanidine groups is 1. The van der Waals surface area contributed by atoms with Gasteiger partial charge in [-0.2, -0.15) is 0 Å². The van der Waals surface area contributed by atoms with Gasteiger partial charge in [-0.25, -0.2) is 4.99 Å². The lowest BCUT2D eigenvalue weighted by Gasteiger charge is -2.24. The van der Waals surface area contributed by atoms with E-state index in [4.69, 9.17) is 9.73 Å². The lowest BCUT2D eigenvalue weighted by molar-refractivity contribution is -0.116. The van der Waals surface area contributed by atoms with E-state index in [2.05, 4.69) is 29.5 Å². The summed E-state index contributed by atoms with van der Waals surface area (Å²) in [6.45, 7) is 6.45. The normalized spacial score (nSPS) is 17.2. The first-order chi connectivity index (χ1) is 13.0. The Morgan fingerprint density at radius 3 is 2.81 bits per heavy atom. The summed E-state index contributed by atoms with van der Waals surface area (Å²) in [5.74, 6) is 1.44. The number of rotatable bonds is 8. The lowest BCUT2D eigenvalue weighted by atomic mass is 10.1. The van der Waals surface area contributed by atoms with Crippen molar-refractivity contribution >= 4 is 17.6 Å². The number of hydrogen-bond acceptors (Lipinski definition) is 4. The minimum atomic E-state index is -0.0208. The van der Waals surface area contributed by atoms with Crippen LogP contribution in [0.4, 0.5) is 5.69 Å². The van der Waals surface area contributed by atoms with Crippen molar-refractivity contribution in [3.8, 4) is 0 Å². The monoisotopic (exact) mass is 375 g/mol. The molecular formula is C20H33N5O2. The number of hydrogen-bond donors (Lipinski definition) is 2. The highest BCUT2D eigenvalue weighted by Gasteiger charge is 2.19. The molecule has 0 bridgehead atoms. The van der Waals surface area contributed by atoms with Gasteiger partial charge in [0.2, 0.25) is 5.91 Å². The van der Waals surface area contributed by atoms with E-state index in [1.54, 1.807) is 0 Å². The van der Waals surface area contributed by atoms with Crippen molar-refractivity contribution in [3.05, 3.63) is 29.8 Å². The van der Waals surface area contributed by atoms with Crippen molar-refractivity contribution in [1.82, 2.24) is 15.1 Å². The van der Waals surface area contributed by atoms with Crippen LogP contribution in [-0.2, 0) is 16.1 Å². The molecule has 0 aromatic heterocycles. The first-order valence-corrected chi connectivity index (χ1v) is 9.58. The van der Waals surface area contributed by atoms with Gasteiger partial charge in [0.25, 0.3) is 0 Å². The van der Waals surface area contributed by atoms with Gasteiger partial charge in [-0.15, -0.1) is 0 Å². The molecule has 0 spiro atoms. The van der Waals surface area contributed by atoms with Crippen LogP contribution in [0.2, 0.25) is 0 Å². The standard InChI is InChI=1S/C20H33N5O2/c1-5-21-20(25(4)13-17-9-10-27-15-17)22-12-16-7-6-8-18(11-16)23-19(26)14-24(2)3/h6-8,11,17H,5,9-10,12-15H2,1-4H3,(H,21,22)(H,23,26). The molecule has 0 aliphatic carbocycles. The molecule has 2 rings (SSSR count). The second-order valence-electron chi connectivity index (χ2n) is 7.27. The largest absolute Gasteiger partial charge is 0.381 e. The van der Waals surface area contributed by atoms with Crippen LogP contribution in [0.1, 0.15) is 18.9 Å². The fourth-order valence-corrected chi connectivity index (χ4v) is 3.07. The van der Waals surface area contributed by atoms with Gasteiger partial charge in [0, 0.05) is 38.3 Å². The number of anilines is 1. The number of ether oxygens (including phenoxy) is 1. The van der Waals surface area contributed by atoms with Crippen LogP contribution in [-0.4, -0.2) is 75.7 Å². The second kappa shape index (κ2) is 10.9. The van der Waals surface area contributed by atoms with Gasteiger partial charge in [-0.05, 0) is 45.1 Å². The van der Waals surface area contributed by atoms with E-state index in [-0.39, 0.29) is 5.91 Å². The molecule has 2 N–H and O–H groups in total. The molecule has 1 fully saturated rings. The number of nitrogens with zero attached hydrogens (tertiary/aromatic N) is 3. The highest BCUT2D eigenvalue weighted by molar-refractivity contribution is 5.92. The van der Waals surface area contributed by atoms with Crippen LogP contribution in [0.15, 0.2) is 29.3 Å². The van der Waals surface area contributed by atoms with Gasteiger partial charge in [0.15, 0.2) is 5.96 Å². The number of nitrogens with one attached hydrogen (secondary N) is 2. The molecule has 1 heterocycles. The Labute approximate surface area is 162 Å². The van der Waals surface area contributed by atoms with Gasteiger partial charge < -0.3 is 25.2 Å². The van der Waals surface area contributed by atoms with Gasteiger partial charge >= 0.3 is 0 Å². The fourth-order valence-electron chi connectivity index (χ4n) is 3.07. The summed E-state index contributed by atoms with van der Waals surface area (Å²) in [4.78, 5) is 20.7. The number of benzene rings is 1. The van der Waals surface area contributed by atoms with Gasteiger partial charge in [-0.1, -0.05) is 12.1 Å². The Morgan fingerprint density at radius 1 is 1.33 bits per heavy atom. The maximum absolute atomic E-state index is 11.9. The van der Waals surface area contributed by atoms with E-state index < -0.39 is 0 Å². The van der Waals surface area contributed by atoms with Crippen molar-refractivity contribution in [2.24, 2.45) is 10.9 Å². The Balaban J connectivity index is 1.97. The Morgan fingerprint density at radius 2 is 2.15 bits per heavy atom. The summed E-state index contributed by atoms with van der Waals surface area (Å²) in [6.07, 6.45) is 1.11. The predicted octanol–water partition coefficient (Wildman–Crippen LogP) is 1.62. The Kier molecular flexibility index (Phi) is 8.54. The van der Waals surface area contributed by atoms with Crippen molar-refractivity contribution in [1.29, 1.82) is 0 Å². The van der Waals surface area contributed by atoms with E-state index in [1.165, 1.54) is 0 Å². The molecule has 27 heavy (non-hydrogen) atoms. The molecule has 1 aliphatic heterocycles. The van der Waals surface area contributed by atoms with Crippen molar-refractivity contribution in [2.45, 2.75) is 19.9 Å². The van der Waals surface area contributed by atoms with Gasteiger partial charge in [0.05, 0.1) is 19.7 Å². The molecule has 1 amide bonds. The number of carbonyl (C=O) groups excluding carboxylic acids is 1. The maximum Gasteiger partial charge on any atom is 0.238 e. The van der Waals surface area contributed by atoms with E-state index in [0.717, 1.165) is 49.9 Å². The van der Waals surface area contributed by atoms with E-state index in [1.807, 2.05) is 43.3 Å². The summed E-state index contributed by atoms with van der Waals surface area (Å²) in [7, 11) is 5.82. The average Bonchev–Trinajstić information content (AvgIpc) is 3.11. The number of likely N-dealkylation sites (N-methyl/N-ethyl adjacent to an activating group) is 1. The summed E-state index contributed by atoms with van der Waals surface area (Å²) in [6, 6.07) is 7.85. The zero-order valence-corrected chi connectivity index (χ0v) is 17.0. The highest BCUT2D eigenvalue weighted by Crippen LogP contribution is 2.14. The molecule has 1 aromatic carbocycles. The van der Waals surface area contributed by atoms with E-state index in [9.17, 15) is 4.79 Å². The first kappa shape index (κ1) is 21.2. The molecule has 150 valence electrons. The quantitative estimate of drug-likeness (QED) is 0.534. The highest BCUT2D eigenvalue weighted by atomic mass is 16.5. The molecule has 7 nitrogen and oxygen atoms in total. The third kappa shape index (κ3) is 7.56. The van der Waals surface area contributed by atoms with Crippen LogP contribution in [0.3, 0.4) is 0 Å². The van der Waals surface area contributed by atoms with E-state index >= 15 is 0 Å². The molecule has 1 unspecified atom stereocenters. The third-order valence-corrected chi connectivity index (χ3v) is 4.33. The fraction of sp³-hybridized carbons (Fsp3) is 0.600. The molecule has 1 aromatic rings. The molecule has 0 radical (unpaired) electrons. The molecule has 0 saturated carbocycles. The molecular weight excluding hydrogens is 342 g/mol. The lowest BCUT2D eigenvalue weighted by Crippen LogP contribution is -2.41. The van der Waals surface area contributed by atoms with Crippen LogP contribution >= 0.6 is 0 Å². The topological polar surface area (TPSA) is 69.2 Å². The molecule has 1 saturated heterocycles. The van der Waals surface area contributed by atoms with Gasteiger partial charge in [0.1, 0.15) is 0 Å². The maximum atomic E-state index is 11.9. The average molecular weight is 376 g/mol. The smallest absolute Gasteiger partial charge is 0.238 e.